The van der Waals surface area contributed by atoms with Crippen LogP contribution in [0, 0.1) is 5.21 Å². The maximum Gasteiger partial charge on any atom is 0.344 e. The first-order valence-electron chi connectivity index (χ1n) is 8.94. The standard InChI is InChI=1S/C20H26N2O4/c1-3-4-7-14-26-19-15-16(9-10-18(19)25-2)20(23)22(24)13-11-17-8-5-6-12-21-17/h5-6,8-10,12,15,22H,3-4,7,11,13-14H2,1-2H3. The van der Waals surface area contributed by atoms with Gasteiger partial charge < -0.3 is 19.7 Å². The minimum absolute atomic E-state index is 0.133. The van der Waals surface area contributed by atoms with Gasteiger partial charge in [0.1, 0.15) is 0 Å². The number of methoxy groups -OCH3 is 1. The number of carbonyl (C=O) groups is 1. The molecule has 26 heavy (non-hydrogen) atoms. The van der Waals surface area contributed by atoms with Crippen LogP contribution in [0.5, 0.6) is 11.5 Å². The Hall–Kier alpha value is -2.44. The van der Waals surface area contributed by atoms with E-state index in [-0.39, 0.29) is 6.54 Å². The van der Waals surface area contributed by atoms with E-state index in [0.717, 1.165) is 25.0 Å². The Balaban J connectivity index is 2.00. The zero-order valence-electron chi connectivity index (χ0n) is 15.4. The van der Waals surface area contributed by atoms with Crippen molar-refractivity contribution in [3.63, 3.8) is 0 Å². The van der Waals surface area contributed by atoms with Crippen LogP contribution in [0.15, 0.2) is 42.6 Å². The number of aromatic nitrogens is 1. The van der Waals surface area contributed by atoms with Gasteiger partial charge in [0.15, 0.2) is 11.5 Å². The van der Waals surface area contributed by atoms with E-state index >= 15 is 0 Å². The molecular formula is C20H26N2O4. The summed E-state index contributed by atoms with van der Waals surface area (Å²) in [4.78, 5) is 16.6. The number of quaternary nitrogens is 1. The first kappa shape index (κ1) is 19.9. The summed E-state index contributed by atoms with van der Waals surface area (Å²) < 4.78 is 11.0. The molecule has 0 aliphatic heterocycles. The molecule has 2 rings (SSSR count). The third kappa shape index (κ3) is 5.82. The first-order chi connectivity index (χ1) is 12.7. The van der Waals surface area contributed by atoms with Crippen molar-refractivity contribution in [3.05, 3.63) is 59.1 Å². The second-order valence-electron chi connectivity index (χ2n) is 5.99. The van der Waals surface area contributed by atoms with Gasteiger partial charge in [-0.25, -0.2) is 4.79 Å². The van der Waals surface area contributed by atoms with Crippen molar-refractivity contribution in [2.45, 2.75) is 32.6 Å². The number of hydrogen-bond acceptors (Lipinski definition) is 5. The fourth-order valence-corrected chi connectivity index (χ4v) is 2.53. The number of pyridine rings is 1. The number of unbranched alkanes of at least 4 members (excludes halogenated alkanes) is 2. The maximum atomic E-state index is 12.4. The highest BCUT2D eigenvalue weighted by Crippen LogP contribution is 2.28. The quantitative estimate of drug-likeness (QED) is 0.521. The highest BCUT2D eigenvalue weighted by molar-refractivity contribution is 5.88. The lowest BCUT2D eigenvalue weighted by Gasteiger charge is -2.20. The molecule has 140 valence electrons. The van der Waals surface area contributed by atoms with Gasteiger partial charge >= 0.3 is 5.91 Å². The number of hydroxylamine groups is 2. The number of amides is 1. The van der Waals surface area contributed by atoms with Gasteiger partial charge in [0.2, 0.25) is 0 Å². The van der Waals surface area contributed by atoms with Gasteiger partial charge in [0, 0.05) is 24.4 Å². The Morgan fingerprint density at radius 3 is 2.73 bits per heavy atom. The van der Waals surface area contributed by atoms with Crippen LogP contribution in [0.4, 0.5) is 0 Å². The van der Waals surface area contributed by atoms with Gasteiger partial charge in [-0.1, -0.05) is 25.8 Å². The zero-order chi connectivity index (χ0) is 18.8. The molecular weight excluding hydrogens is 332 g/mol. The summed E-state index contributed by atoms with van der Waals surface area (Å²) in [6.07, 6.45) is 5.23. The van der Waals surface area contributed by atoms with Gasteiger partial charge in [-0.15, -0.1) is 0 Å². The van der Waals surface area contributed by atoms with Crippen molar-refractivity contribution in [1.82, 2.24) is 4.98 Å². The van der Waals surface area contributed by atoms with Crippen molar-refractivity contribution in [3.8, 4) is 11.5 Å². The Morgan fingerprint density at radius 1 is 1.19 bits per heavy atom. The number of nitrogens with zero attached hydrogens (tertiary/aromatic N) is 1. The van der Waals surface area contributed by atoms with Gasteiger partial charge in [0.25, 0.3) is 0 Å². The molecule has 0 radical (unpaired) electrons. The summed E-state index contributed by atoms with van der Waals surface area (Å²) in [5.41, 5.74) is 1.12. The summed E-state index contributed by atoms with van der Waals surface area (Å²) in [6, 6.07) is 10.4. The molecule has 1 atom stereocenters. The molecule has 1 N–H and O–H groups in total. The fourth-order valence-electron chi connectivity index (χ4n) is 2.53. The predicted molar refractivity (Wildman–Crippen MR) is 99.5 cm³/mol. The average molecular weight is 358 g/mol. The summed E-state index contributed by atoms with van der Waals surface area (Å²) in [7, 11) is 1.55. The second kappa shape index (κ2) is 10.5. The highest BCUT2D eigenvalue weighted by Gasteiger charge is 2.17. The molecule has 6 nitrogen and oxygen atoms in total. The molecule has 0 aliphatic rings. The summed E-state index contributed by atoms with van der Waals surface area (Å²) >= 11 is 0. The summed E-state index contributed by atoms with van der Waals surface area (Å²) in [6.45, 7) is 2.81. The molecule has 0 fully saturated rings. The van der Waals surface area contributed by atoms with E-state index in [9.17, 15) is 10.0 Å². The molecule has 1 amide bonds. The van der Waals surface area contributed by atoms with Crippen LogP contribution in [0.1, 0.15) is 42.2 Å². The SMILES string of the molecule is CCCCCOc1cc(C(=O)[NH+]([O-])CCc2ccccn2)ccc1OC. The van der Waals surface area contributed by atoms with E-state index in [2.05, 4.69) is 11.9 Å². The van der Waals surface area contributed by atoms with Crippen LogP contribution in [-0.2, 0) is 6.42 Å². The Labute approximate surface area is 154 Å². The summed E-state index contributed by atoms with van der Waals surface area (Å²) in [5.74, 6) is 0.535. The minimum Gasteiger partial charge on any atom is -0.626 e. The average Bonchev–Trinajstić information content (AvgIpc) is 2.69. The largest absolute Gasteiger partial charge is 0.626 e. The fraction of sp³-hybridized carbons (Fsp3) is 0.400. The van der Waals surface area contributed by atoms with Gasteiger partial charge in [-0.3, -0.25) is 4.98 Å². The lowest BCUT2D eigenvalue weighted by atomic mass is 10.1. The van der Waals surface area contributed by atoms with E-state index in [1.165, 1.54) is 0 Å². The lowest BCUT2D eigenvalue weighted by Crippen LogP contribution is -3.10. The van der Waals surface area contributed by atoms with Crippen LogP contribution in [0.3, 0.4) is 0 Å². The maximum absolute atomic E-state index is 12.4. The van der Waals surface area contributed by atoms with Crippen LogP contribution in [-0.4, -0.2) is 31.2 Å². The van der Waals surface area contributed by atoms with E-state index < -0.39 is 11.0 Å². The van der Waals surface area contributed by atoms with E-state index in [4.69, 9.17) is 9.47 Å². The first-order valence-corrected chi connectivity index (χ1v) is 8.94. The lowest BCUT2D eigenvalue weighted by molar-refractivity contribution is -0.757. The van der Waals surface area contributed by atoms with Crippen LogP contribution in [0.25, 0.3) is 0 Å². The number of hydrogen-bond donors (Lipinski definition) is 1. The number of carbonyl (C=O) groups excluding carboxylic acids is 1. The number of ether oxygens (including phenoxy) is 2. The van der Waals surface area contributed by atoms with Crippen molar-refractivity contribution in [1.29, 1.82) is 0 Å². The summed E-state index contributed by atoms with van der Waals surface area (Å²) in [5, 5.41) is 11.8. The molecule has 1 heterocycles. The Bertz CT molecular complexity index is 691. The van der Waals surface area contributed by atoms with Crippen molar-refractivity contribution < 1.29 is 19.3 Å². The molecule has 1 aromatic heterocycles. The molecule has 0 saturated carbocycles. The molecule has 1 unspecified atom stereocenters. The van der Waals surface area contributed by atoms with Gasteiger partial charge in [-0.2, -0.15) is 0 Å². The van der Waals surface area contributed by atoms with Gasteiger partial charge in [-0.05, 0) is 30.7 Å². The van der Waals surface area contributed by atoms with Crippen molar-refractivity contribution >= 4 is 5.91 Å². The number of rotatable bonds is 10. The molecule has 1 aromatic carbocycles. The topological polar surface area (TPSA) is 75.9 Å². The minimum atomic E-state index is -0.512. The Morgan fingerprint density at radius 2 is 2.04 bits per heavy atom. The normalized spacial score (nSPS) is 11.8. The molecule has 0 spiro atoms. The molecule has 6 heteroatoms. The smallest absolute Gasteiger partial charge is 0.344 e. The van der Waals surface area contributed by atoms with Crippen LogP contribution >= 0.6 is 0 Å². The Kier molecular flexibility index (Phi) is 8.05. The van der Waals surface area contributed by atoms with Crippen LogP contribution < -0.4 is 14.5 Å². The molecule has 2 aromatic rings. The van der Waals surface area contributed by atoms with Crippen molar-refractivity contribution in [2.75, 3.05) is 20.3 Å². The molecule has 0 saturated heterocycles. The molecule has 0 aliphatic carbocycles. The van der Waals surface area contributed by atoms with E-state index in [1.54, 1.807) is 31.5 Å². The van der Waals surface area contributed by atoms with E-state index in [1.807, 2.05) is 18.2 Å². The third-order valence-electron chi connectivity index (χ3n) is 4.02. The second-order valence-corrected chi connectivity index (χ2v) is 5.99. The van der Waals surface area contributed by atoms with Crippen LogP contribution in [0.2, 0.25) is 0 Å². The highest BCUT2D eigenvalue weighted by atomic mass is 16.5. The van der Waals surface area contributed by atoms with Gasteiger partial charge in [0.05, 0.1) is 25.8 Å². The molecule has 0 bridgehead atoms. The monoisotopic (exact) mass is 358 g/mol. The number of benzene rings is 1. The van der Waals surface area contributed by atoms with Crippen molar-refractivity contribution in [2.24, 2.45) is 0 Å². The zero-order valence-corrected chi connectivity index (χ0v) is 15.4. The predicted octanol–water partition coefficient (Wildman–Crippen LogP) is 2.42. The number of nitrogens with one attached hydrogen (secondary N) is 1. The van der Waals surface area contributed by atoms with E-state index in [0.29, 0.717) is 30.1 Å². The third-order valence-corrected chi connectivity index (χ3v) is 4.02.